The van der Waals surface area contributed by atoms with Crippen molar-refractivity contribution >= 4 is 5.91 Å². The molecule has 1 N–H and O–H groups in total. The second kappa shape index (κ2) is 6.79. The molecule has 0 spiro atoms. The van der Waals surface area contributed by atoms with Gasteiger partial charge in [0.25, 0.3) is 5.91 Å². The summed E-state index contributed by atoms with van der Waals surface area (Å²) in [4.78, 5) is 14.7. The number of amides is 1. The number of likely N-dealkylation sites (tertiary alicyclic amines) is 1. The Balaban J connectivity index is 1.55. The fraction of sp³-hybridized carbons (Fsp3) is 0.389. The van der Waals surface area contributed by atoms with Gasteiger partial charge in [-0.15, -0.1) is 0 Å². The molecule has 1 unspecified atom stereocenters. The van der Waals surface area contributed by atoms with Crippen LogP contribution in [0.3, 0.4) is 0 Å². The lowest BCUT2D eigenvalue weighted by Crippen LogP contribution is -2.40. The monoisotopic (exact) mass is 297 g/mol. The van der Waals surface area contributed by atoms with Gasteiger partial charge in [-0.25, -0.2) is 0 Å². The maximum absolute atomic E-state index is 12.2. The van der Waals surface area contributed by atoms with E-state index in [9.17, 15) is 4.79 Å². The van der Waals surface area contributed by atoms with E-state index in [4.69, 9.17) is 0 Å². The zero-order chi connectivity index (χ0) is 15.4. The van der Waals surface area contributed by atoms with E-state index >= 15 is 0 Å². The molecule has 1 amide bonds. The first-order valence-electron chi connectivity index (χ1n) is 8.00. The Labute approximate surface area is 131 Å². The van der Waals surface area contributed by atoms with Crippen molar-refractivity contribution in [3.05, 3.63) is 54.4 Å². The van der Waals surface area contributed by atoms with E-state index in [1.807, 2.05) is 53.4 Å². The molecule has 0 saturated carbocycles. The standard InChI is InChI=1S/C18H23N3O/c1-15(20-10-2-3-11-20)14-19-18(22)16-6-8-17(9-7-16)21-12-4-5-13-21/h4-9,12-13,15H,2-3,10-11,14H2,1H3,(H,19,22). The average Bonchev–Trinajstić information content (AvgIpc) is 3.25. The highest BCUT2D eigenvalue weighted by molar-refractivity contribution is 5.94. The maximum Gasteiger partial charge on any atom is 0.251 e. The van der Waals surface area contributed by atoms with Gasteiger partial charge in [-0.2, -0.15) is 0 Å². The van der Waals surface area contributed by atoms with Gasteiger partial charge in [0.05, 0.1) is 0 Å². The number of rotatable bonds is 5. The summed E-state index contributed by atoms with van der Waals surface area (Å²) in [6.45, 7) is 5.20. The molecule has 116 valence electrons. The predicted octanol–water partition coefficient (Wildman–Crippen LogP) is 2.69. The van der Waals surface area contributed by atoms with Crippen LogP contribution < -0.4 is 5.32 Å². The van der Waals surface area contributed by atoms with E-state index in [0.29, 0.717) is 18.2 Å². The molecule has 1 fully saturated rings. The molecule has 0 bridgehead atoms. The lowest BCUT2D eigenvalue weighted by molar-refractivity contribution is 0.0940. The van der Waals surface area contributed by atoms with E-state index in [0.717, 1.165) is 18.8 Å². The summed E-state index contributed by atoms with van der Waals surface area (Å²) in [5, 5.41) is 3.04. The van der Waals surface area contributed by atoms with Gasteiger partial charge in [0.1, 0.15) is 0 Å². The van der Waals surface area contributed by atoms with Gasteiger partial charge < -0.3 is 9.88 Å². The van der Waals surface area contributed by atoms with Crippen molar-refractivity contribution < 1.29 is 4.79 Å². The van der Waals surface area contributed by atoms with Crippen LogP contribution in [0, 0.1) is 0 Å². The summed E-state index contributed by atoms with van der Waals surface area (Å²) in [7, 11) is 0. The Morgan fingerprint density at radius 1 is 1.14 bits per heavy atom. The molecule has 0 aliphatic carbocycles. The van der Waals surface area contributed by atoms with E-state index in [-0.39, 0.29) is 5.91 Å². The Morgan fingerprint density at radius 3 is 2.41 bits per heavy atom. The summed E-state index contributed by atoms with van der Waals surface area (Å²) >= 11 is 0. The molecule has 1 aromatic heterocycles. The van der Waals surface area contributed by atoms with Crippen LogP contribution >= 0.6 is 0 Å². The molecule has 2 heterocycles. The molecule has 1 atom stereocenters. The van der Waals surface area contributed by atoms with Crippen LogP contribution in [0.2, 0.25) is 0 Å². The highest BCUT2D eigenvalue weighted by Gasteiger charge is 2.18. The number of hydrogen-bond acceptors (Lipinski definition) is 2. The molecular weight excluding hydrogens is 274 g/mol. The van der Waals surface area contributed by atoms with Gasteiger partial charge in [-0.3, -0.25) is 9.69 Å². The first-order chi connectivity index (χ1) is 10.7. The second-order valence-electron chi connectivity index (χ2n) is 5.94. The highest BCUT2D eigenvalue weighted by Crippen LogP contribution is 2.12. The minimum Gasteiger partial charge on any atom is -0.350 e. The first-order valence-corrected chi connectivity index (χ1v) is 8.00. The van der Waals surface area contributed by atoms with Crippen molar-refractivity contribution in [3.63, 3.8) is 0 Å². The number of benzene rings is 1. The zero-order valence-corrected chi connectivity index (χ0v) is 13.0. The number of aromatic nitrogens is 1. The Morgan fingerprint density at radius 2 is 1.77 bits per heavy atom. The quantitative estimate of drug-likeness (QED) is 0.921. The largest absolute Gasteiger partial charge is 0.350 e. The zero-order valence-electron chi connectivity index (χ0n) is 13.0. The van der Waals surface area contributed by atoms with Gasteiger partial charge in [0.15, 0.2) is 0 Å². The molecule has 3 rings (SSSR count). The van der Waals surface area contributed by atoms with Crippen LogP contribution in [0.25, 0.3) is 5.69 Å². The molecule has 4 heteroatoms. The summed E-state index contributed by atoms with van der Waals surface area (Å²) in [5.74, 6) is 0.00473. The smallest absolute Gasteiger partial charge is 0.251 e. The lowest BCUT2D eigenvalue weighted by Gasteiger charge is -2.23. The molecule has 1 aromatic carbocycles. The summed E-state index contributed by atoms with van der Waals surface area (Å²) in [6, 6.07) is 12.1. The average molecular weight is 297 g/mol. The fourth-order valence-electron chi connectivity index (χ4n) is 2.95. The SMILES string of the molecule is CC(CNC(=O)c1ccc(-n2cccc2)cc1)N1CCCC1. The molecule has 1 aliphatic heterocycles. The maximum atomic E-state index is 12.2. The van der Waals surface area contributed by atoms with Crippen molar-refractivity contribution in [1.82, 2.24) is 14.8 Å². The number of nitrogens with one attached hydrogen (secondary N) is 1. The predicted molar refractivity (Wildman–Crippen MR) is 88.4 cm³/mol. The van der Waals surface area contributed by atoms with Gasteiger partial charge in [-0.05, 0) is 69.3 Å². The molecule has 2 aromatic rings. The third kappa shape index (κ3) is 3.39. The Hall–Kier alpha value is -2.07. The van der Waals surface area contributed by atoms with E-state index in [2.05, 4.69) is 17.1 Å². The van der Waals surface area contributed by atoms with Gasteiger partial charge in [0, 0.05) is 36.2 Å². The number of hydrogen-bond donors (Lipinski definition) is 1. The third-order valence-corrected chi connectivity index (χ3v) is 4.35. The van der Waals surface area contributed by atoms with Crippen molar-refractivity contribution in [2.24, 2.45) is 0 Å². The van der Waals surface area contributed by atoms with Gasteiger partial charge in [-0.1, -0.05) is 0 Å². The van der Waals surface area contributed by atoms with E-state index < -0.39 is 0 Å². The number of nitrogens with zero attached hydrogens (tertiary/aromatic N) is 2. The number of carbonyl (C=O) groups is 1. The van der Waals surface area contributed by atoms with Gasteiger partial charge >= 0.3 is 0 Å². The van der Waals surface area contributed by atoms with Crippen molar-refractivity contribution in [3.8, 4) is 5.69 Å². The minimum atomic E-state index is 0.00473. The van der Waals surface area contributed by atoms with Crippen LogP contribution in [-0.2, 0) is 0 Å². The molecule has 0 radical (unpaired) electrons. The molecular formula is C18H23N3O. The van der Waals surface area contributed by atoms with Gasteiger partial charge in [0.2, 0.25) is 0 Å². The minimum absolute atomic E-state index is 0.00473. The molecule has 22 heavy (non-hydrogen) atoms. The van der Waals surface area contributed by atoms with Crippen LogP contribution in [0.5, 0.6) is 0 Å². The van der Waals surface area contributed by atoms with Crippen molar-refractivity contribution in [2.45, 2.75) is 25.8 Å². The molecule has 1 aliphatic rings. The van der Waals surface area contributed by atoms with Crippen molar-refractivity contribution in [1.29, 1.82) is 0 Å². The van der Waals surface area contributed by atoms with E-state index in [1.165, 1.54) is 12.8 Å². The van der Waals surface area contributed by atoms with Crippen LogP contribution in [0.15, 0.2) is 48.8 Å². The van der Waals surface area contributed by atoms with Crippen LogP contribution in [0.4, 0.5) is 0 Å². The number of carbonyl (C=O) groups excluding carboxylic acids is 1. The summed E-state index contributed by atoms with van der Waals surface area (Å²) in [6.07, 6.45) is 6.54. The Kier molecular flexibility index (Phi) is 4.59. The van der Waals surface area contributed by atoms with Crippen molar-refractivity contribution in [2.75, 3.05) is 19.6 Å². The summed E-state index contributed by atoms with van der Waals surface area (Å²) in [5.41, 5.74) is 1.77. The third-order valence-electron chi connectivity index (χ3n) is 4.35. The molecule has 4 nitrogen and oxygen atoms in total. The lowest BCUT2D eigenvalue weighted by atomic mass is 10.2. The first kappa shape index (κ1) is 14.9. The Bertz CT molecular complexity index is 598. The topological polar surface area (TPSA) is 37.3 Å². The normalized spacial score (nSPS) is 16.6. The van der Waals surface area contributed by atoms with Crippen LogP contribution in [0.1, 0.15) is 30.1 Å². The summed E-state index contributed by atoms with van der Waals surface area (Å²) < 4.78 is 2.02. The van der Waals surface area contributed by atoms with Crippen LogP contribution in [-0.4, -0.2) is 41.1 Å². The fourth-order valence-corrected chi connectivity index (χ4v) is 2.95. The second-order valence-corrected chi connectivity index (χ2v) is 5.94. The highest BCUT2D eigenvalue weighted by atomic mass is 16.1. The van der Waals surface area contributed by atoms with E-state index in [1.54, 1.807) is 0 Å². The molecule has 1 saturated heterocycles.